The Kier molecular flexibility index (Phi) is 4.24. The Morgan fingerprint density at radius 2 is 1.35 bits per heavy atom. The van der Waals surface area contributed by atoms with Gasteiger partial charge in [-0.1, -0.05) is 12.1 Å². The largest absolute Gasteiger partial charge is 0.309 e. The fourth-order valence-electron chi connectivity index (χ4n) is 2.83. The van der Waals surface area contributed by atoms with E-state index >= 15 is 0 Å². The van der Waals surface area contributed by atoms with Crippen LogP contribution in [0.5, 0.6) is 0 Å². The van der Waals surface area contributed by atoms with Crippen molar-refractivity contribution in [1.82, 2.24) is 10.3 Å². The molecule has 1 aromatic carbocycles. The van der Waals surface area contributed by atoms with E-state index in [4.69, 9.17) is 0 Å². The molecule has 0 fully saturated rings. The van der Waals surface area contributed by atoms with E-state index in [1.165, 1.54) is 27.8 Å². The summed E-state index contributed by atoms with van der Waals surface area (Å²) in [6.45, 7) is 10.6. The average Bonchev–Trinajstić information content (AvgIpc) is 2.35. The van der Waals surface area contributed by atoms with Crippen LogP contribution < -0.4 is 5.32 Å². The van der Waals surface area contributed by atoms with Crippen molar-refractivity contribution in [2.75, 3.05) is 7.05 Å². The van der Waals surface area contributed by atoms with Gasteiger partial charge in [0.05, 0.1) is 6.04 Å². The molecule has 20 heavy (non-hydrogen) atoms. The summed E-state index contributed by atoms with van der Waals surface area (Å²) in [6, 6.07) is 9.13. The molecule has 0 saturated carbocycles. The lowest BCUT2D eigenvalue weighted by Gasteiger charge is -2.21. The van der Waals surface area contributed by atoms with Crippen LogP contribution >= 0.6 is 0 Å². The van der Waals surface area contributed by atoms with Gasteiger partial charge in [-0.15, -0.1) is 0 Å². The Morgan fingerprint density at radius 3 is 1.90 bits per heavy atom. The second kappa shape index (κ2) is 5.76. The van der Waals surface area contributed by atoms with E-state index in [-0.39, 0.29) is 6.04 Å². The molecule has 0 aliphatic carbocycles. The highest BCUT2D eigenvalue weighted by Crippen LogP contribution is 2.27. The summed E-state index contributed by atoms with van der Waals surface area (Å²) in [6.07, 6.45) is 0. The molecule has 2 aromatic rings. The Labute approximate surface area is 122 Å². The molecule has 2 nitrogen and oxygen atoms in total. The van der Waals surface area contributed by atoms with Crippen molar-refractivity contribution in [2.45, 2.75) is 40.7 Å². The van der Waals surface area contributed by atoms with E-state index in [1.807, 2.05) is 7.05 Å². The van der Waals surface area contributed by atoms with Gasteiger partial charge in [0.1, 0.15) is 0 Å². The molecule has 0 aliphatic heterocycles. The Balaban J connectivity index is 2.55. The van der Waals surface area contributed by atoms with Gasteiger partial charge < -0.3 is 5.32 Å². The molecule has 0 amide bonds. The molecule has 0 aliphatic rings. The van der Waals surface area contributed by atoms with E-state index in [0.717, 1.165) is 11.4 Å². The van der Waals surface area contributed by atoms with E-state index in [0.29, 0.717) is 0 Å². The van der Waals surface area contributed by atoms with Crippen molar-refractivity contribution in [2.24, 2.45) is 0 Å². The van der Waals surface area contributed by atoms with Crippen LogP contribution in [0.1, 0.15) is 45.2 Å². The van der Waals surface area contributed by atoms with Crippen molar-refractivity contribution in [1.29, 1.82) is 0 Å². The smallest absolute Gasteiger partial charge is 0.0578 e. The average molecular weight is 268 g/mol. The fourth-order valence-corrected chi connectivity index (χ4v) is 2.83. The molecule has 2 heteroatoms. The van der Waals surface area contributed by atoms with Crippen molar-refractivity contribution < 1.29 is 0 Å². The van der Waals surface area contributed by atoms with Gasteiger partial charge in [0.25, 0.3) is 0 Å². The quantitative estimate of drug-likeness (QED) is 0.912. The maximum atomic E-state index is 4.47. The zero-order valence-electron chi connectivity index (χ0n) is 13.3. The van der Waals surface area contributed by atoms with Crippen LogP contribution in [0.2, 0.25) is 0 Å². The number of benzene rings is 1. The number of nitrogens with zero attached hydrogens (tertiary/aromatic N) is 1. The predicted molar refractivity (Wildman–Crippen MR) is 85.3 cm³/mol. The maximum absolute atomic E-state index is 4.47. The van der Waals surface area contributed by atoms with E-state index in [9.17, 15) is 0 Å². The molecular weight excluding hydrogens is 244 g/mol. The van der Waals surface area contributed by atoms with Crippen molar-refractivity contribution in [3.63, 3.8) is 0 Å². The van der Waals surface area contributed by atoms with Gasteiger partial charge in [0.15, 0.2) is 0 Å². The third kappa shape index (κ3) is 2.91. The minimum absolute atomic E-state index is 0.217. The minimum atomic E-state index is 0.217. The first-order valence-corrected chi connectivity index (χ1v) is 7.12. The molecular formula is C18H24N2. The first kappa shape index (κ1) is 14.7. The van der Waals surface area contributed by atoms with Crippen LogP contribution in [0.25, 0.3) is 0 Å². The third-order valence-electron chi connectivity index (χ3n) is 3.92. The highest BCUT2D eigenvalue weighted by Gasteiger charge is 2.16. The monoisotopic (exact) mass is 268 g/mol. The van der Waals surface area contributed by atoms with Crippen molar-refractivity contribution in [3.05, 3.63) is 63.5 Å². The highest BCUT2D eigenvalue weighted by molar-refractivity contribution is 5.42. The molecule has 0 spiro atoms. The standard InChI is InChI=1S/C18H24N2/c1-11-7-13(3)17(8-12(11)2)18(19-6)16-9-14(4)20-15(5)10-16/h7-10,18-19H,1-6H3. The second-order valence-corrected chi connectivity index (χ2v) is 5.70. The normalized spacial score (nSPS) is 12.5. The van der Waals surface area contributed by atoms with Crippen molar-refractivity contribution in [3.8, 4) is 0 Å². The summed E-state index contributed by atoms with van der Waals surface area (Å²) in [7, 11) is 2.02. The van der Waals surface area contributed by atoms with Crippen LogP contribution in [-0.2, 0) is 0 Å². The van der Waals surface area contributed by atoms with Crippen LogP contribution in [0, 0.1) is 34.6 Å². The van der Waals surface area contributed by atoms with Crippen LogP contribution in [0.15, 0.2) is 24.3 Å². The number of nitrogens with one attached hydrogen (secondary N) is 1. The van der Waals surface area contributed by atoms with Gasteiger partial charge in [-0.3, -0.25) is 4.98 Å². The lowest BCUT2D eigenvalue weighted by molar-refractivity contribution is 0.683. The van der Waals surface area contributed by atoms with Gasteiger partial charge in [-0.25, -0.2) is 0 Å². The minimum Gasteiger partial charge on any atom is -0.309 e. The summed E-state index contributed by atoms with van der Waals surface area (Å²) in [5.41, 5.74) is 8.80. The number of pyridine rings is 1. The molecule has 2 rings (SSSR count). The lowest BCUT2D eigenvalue weighted by Crippen LogP contribution is -2.19. The summed E-state index contributed by atoms with van der Waals surface area (Å²) >= 11 is 0. The zero-order valence-corrected chi connectivity index (χ0v) is 13.3. The maximum Gasteiger partial charge on any atom is 0.0578 e. The summed E-state index contributed by atoms with van der Waals surface area (Å²) in [5, 5.41) is 3.45. The Bertz CT molecular complexity index is 609. The SMILES string of the molecule is CNC(c1cc(C)nc(C)c1)c1cc(C)c(C)cc1C. The third-order valence-corrected chi connectivity index (χ3v) is 3.92. The lowest BCUT2D eigenvalue weighted by atomic mass is 9.91. The van der Waals surface area contributed by atoms with Crippen LogP contribution in [-0.4, -0.2) is 12.0 Å². The number of aromatic nitrogens is 1. The Morgan fingerprint density at radius 1 is 0.800 bits per heavy atom. The first-order chi connectivity index (χ1) is 9.42. The number of aryl methyl sites for hydroxylation is 5. The van der Waals surface area contributed by atoms with Crippen LogP contribution in [0.4, 0.5) is 0 Å². The van der Waals surface area contributed by atoms with Crippen LogP contribution in [0.3, 0.4) is 0 Å². The summed E-state index contributed by atoms with van der Waals surface area (Å²) in [5.74, 6) is 0. The second-order valence-electron chi connectivity index (χ2n) is 5.70. The fraction of sp³-hybridized carbons (Fsp3) is 0.389. The summed E-state index contributed by atoms with van der Waals surface area (Å²) < 4.78 is 0. The van der Waals surface area contributed by atoms with Gasteiger partial charge in [-0.2, -0.15) is 0 Å². The molecule has 1 heterocycles. The first-order valence-electron chi connectivity index (χ1n) is 7.12. The summed E-state index contributed by atoms with van der Waals surface area (Å²) in [4.78, 5) is 4.47. The van der Waals surface area contributed by atoms with E-state index in [1.54, 1.807) is 0 Å². The van der Waals surface area contributed by atoms with Crippen molar-refractivity contribution >= 4 is 0 Å². The van der Waals surface area contributed by atoms with Gasteiger partial charge in [0.2, 0.25) is 0 Å². The van der Waals surface area contributed by atoms with E-state index < -0.39 is 0 Å². The molecule has 0 saturated heterocycles. The molecule has 1 aromatic heterocycles. The van der Waals surface area contributed by atoms with E-state index in [2.05, 4.69) is 69.2 Å². The molecule has 1 unspecified atom stereocenters. The topological polar surface area (TPSA) is 24.9 Å². The molecule has 1 atom stereocenters. The molecule has 1 N–H and O–H groups in total. The molecule has 0 radical (unpaired) electrons. The zero-order chi connectivity index (χ0) is 14.9. The van der Waals surface area contributed by atoms with Gasteiger partial charge in [0, 0.05) is 11.4 Å². The number of rotatable bonds is 3. The van der Waals surface area contributed by atoms with Gasteiger partial charge in [-0.05, 0) is 81.6 Å². The van der Waals surface area contributed by atoms with Gasteiger partial charge >= 0.3 is 0 Å². The number of hydrogen-bond acceptors (Lipinski definition) is 2. The highest BCUT2D eigenvalue weighted by atomic mass is 14.9. The molecule has 0 bridgehead atoms. The molecule has 106 valence electrons. The predicted octanol–water partition coefficient (Wildman–Crippen LogP) is 3.93. The number of hydrogen-bond donors (Lipinski definition) is 1. The Hall–Kier alpha value is -1.67.